The number of hydrogen-bond donors (Lipinski definition) is 1. The molecule has 33 heavy (non-hydrogen) atoms. The highest BCUT2D eigenvalue weighted by atomic mass is 32.2. The second kappa shape index (κ2) is 9.64. The first-order valence-electron chi connectivity index (χ1n) is 9.98. The predicted molar refractivity (Wildman–Crippen MR) is 108 cm³/mol. The molecule has 1 aliphatic heterocycles. The molecule has 0 aliphatic carbocycles. The highest BCUT2D eigenvalue weighted by Crippen LogP contribution is 2.29. The zero-order chi connectivity index (χ0) is 24.4. The van der Waals surface area contributed by atoms with Crippen LogP contribution >= 0.6 is 0 Å². The van der Waals surface area contributed by atoms with Gasteiger partial charge in [-0.1, -0.05) is 6.07 Å². The summed E-state index contributed by atoms with van der Waals surface area (Å²) in [5.41, 5.74) is -0.00989. The Morgan fingerprint density at radius 3 is 2.42 bits per heavy atom. The maximum absolute atomic E-state index is 13.9. The largest absolute Gasteiger partial charge is 0.573 e. The first kappa shape index (κ1) is 24.9. The van der Waals surface area contributed by atoms with Crippen LogP contribution in [0.5, 0.6) is 5.75 Å². The van der Waals surface area contributed by atoms with E-state index in [1.807, 2.05) is 0 Å². The van der Waals surface area contributed by atoms with Crippen molar-refractivity contribution >= 4 is 15.9 Å². The van der Waals surface area contributed by atoms with Crippen molar-refractivity contribution < 1.29 is 39.9 Å². The summed E-state index contributed by atoms with van der Waals surface area (Å²) in [4.78, 5) is 12.2. The predicted octanol–water partition coefficient (Wildman–Crippen LogP) is 4.14. The van der Waals surface area contributed by atoms with E-state index >= 15 is 0 Å². The van der Waals surface area contributed by atoms with Crippen LogP contribution in [0.15, 0.2) is 47.4 Å². The summed E-state index contributed by atoms with van der Waals surface area (Å²) in [5.74, 6) is -2.95. The van der Waals surface area contributed by atoms with Gasteiger partial charge in [-0.3, -0.25) is 4.79 Å². The van der Waals surface area contributed by atoms with Gasteiger partial charge in [-0.15, -0.1) is 13.2 Å². The average Bonchev–Trinajstić information content (AvgIpc) is 2.74. The van der Waals surface area contributed by atoms with Gasteiger partial charge in [-0.2, -0.15) is 4.31 Å². The van der Waals surface area contributed by atoms with Gasteiger partial charge in [0.15, 0.2) is 0 Å². The molecule has 1 heterocycles. The summed E-state index contributed by atoms with van der Waals surface area (Å²) < 4.78 is 95.1. The fraction of sp³-hybridized carbons (Fsp3) is 0.381. The van der Waals surface area contributed by atoms with Gasteiger partial charge in [0.2, 0.25) is 15.9 Å². The third kappa shape index (κ3) is 6.20. The number of rotatable bonds is 6. The van der Waals surface area contributed by atoms with Crippen molar-refractivity contribution in [2.45, 2.75) is 37.1 Å². The van der Waals surface area contributed by atoms with Crippen molar-refractivity contribution in [2.24, 2.45) is 5.92 Å². The summed E-state index contributed by atoms with van der Waals surface area (Å²) in [6.45, 7) is 1.44. The lowest BCUT2D eigenvalue weighted by Crippen LogP contribution is -2.43. The number of hydrogen-bond acceptors (Lipinski definition) is 4. The molecular formula is C21H21F5N2O4S. The number of carbonyl (C=O) groups excluding carboxylic acids is 1. The lowest BCUT2D eigenvalue weighted by atomic mass is 9.96. The van der Waals surface area contributed by atoms with Gasteiger partial charge in [0, 0.05) is 30.6 Å². The minimum Gasteiger partial charge on any atom is -0.406 e. The Hall–Kier alpha value is -2.73. The van der Waals surface area contributed by atoms with Gasteiger partial charge in [-0.05, 0) is 50.1 Å². The molecule has 1 unspecified atom stereocenters. The van der Waals surface area contributed by atoms with Crippen LogP contribution in [0.4, 0.5) is 22.0 Å². The van der Waals surface area contributed by atoms with Gasteiger partial charge in [0.05, 0.1) is 10.9 Å². The Balaban J connectivity index is 1.62. The van der Waals surface area contributed by atoms with Crippen molar-refractivity contribution in [3.63, 3.8) is 0 Å². The van der Waals surface area contributed by atoms with Crippen LogP contribution in [0.1, 0.15) is 31.4 Å². The van der Waals surface area contributed by atoms with E-state index in [4.69, 9.17) is 0 Å². The molecule has 180 valence electrons. The second-order valence-corrected chi connectivity index (χ2v) is 9.54. The molecule has 1 N–H and O–H groups in total. The molecule has 2 aromatic rings. The number of benzene rings is 2. The summed E-state index contributed by atoms with van der Waals surface area (Å²) in [5, 5.41) is 2.61. The van der Waals surface area contributed by atoms with Crippen LogP contribution in [0.25, 0.3) is 0 Å². The van der Waals surface area contributed by atoms with E-state index in [0.717, 1.165) is 46.8 Å². The fourth-order valence-electron chi connectivity index (χ4n) is 3.59. The summed E-state index contributed by atoms with van der Waals surface area (Å²) in [7, 11) is -4.10. The van der Waals surface area contributed by atoms with E-state index in [0.29, 0.717) is 0 Å². The third-order valence-corrected chi connectivity index (χ3v) is 7.18. The first-order chi connectivity index (χ1) is 15.4. The van der Waals surface area contributed by atoms with E-state index in [-0.39, 0.29) is 36.4 Å². The molecular weight excluding hydrogens is 471 g/mol. The third-order valence-electron chi connectivity index (χ3n) is 5.28. The molecule has 0 bridgehead atoms. The Labute approximate surface area is 187 Å². The lowest BCUT2D eigenvalue weighted by molar-refractivity contribution is -0.274. The topological polar surface area (TPSA) is 75.7 Å². The molecule has 1 atom stereocenters. The Bertz CT molecular complexity index is 1120. The molecule has 2 aromatic carbocycles. The van der Waals surface area contributed by atoms with Gasteiger partial charge in [0.1, 0.15) is 17.4 Å². The number of alkyl halides is 3. The van der Waals surface area contributed by atoms with E-state index in [1.165, 1.54) is 6.92 Å². The van der Waals surface area contributed by atoms with E-state index in [2.05, 4.69) is 10.1 Å². The minimum absolute atomic E-state index is 0.00989. The molecule has 1 amide bonds. The Morgan fingerprint density at radius 2 is 1.79 bits per heavy atom. The average molecular weight is 492 g/mol. The number of ether oxygens (including phenoxy) is 1. The van der Waals surface area contributed by atoms with Crippen molar-refractivity contribution in [2.75, 3.05) is 13.1 Å². The summed E-state index contributed by atoms with van der Waals surface area (Å²) in [6.07, 6.45) is -4.65. The maximum atomic E-state index is 13.9. The van der Waals surface area contributed by atoms with Crippen molar-refractivity contribution in [1.82, 2.24) is 9.62 Å². The van der Waals surface area contributed by atoms with Crippen LogP contribution in [0, 0.1) is 17.6 Å². The molecule has 1 aliphatic rings. The molecule has 0 aromatic heterocycles. The number of piperidine rings is 1. The monoisotopic (exact) mass is 492 g/mol. The highest BCUT2D eigenvalue weighted by molar-refractivity contribution is 7.89. The zero-order valence-corrected chi connectivity index (χ0v) is 18.2. The van der Waals surface area contributed by atoms with Crippen LogP contribution < -0.4 is 10.1 Å². The normalized spacial score (nSPS) is 16.9. The zero-order valence-electron chi connectivity index (χ0n) is 17.4. The highest BCUT2D eigenvalue weighted by Gasteiger charge is 2.34. The van der Waals surface area contributed by atoms with Crippen LogP contribution in [-0.4, -0.2) is 38.1 Å². The van der Waals surface area contributed by atoms with E-state index in [1.54, 1.807) is 0 Å². The maximum Gasteiger partial charge on any atom is 0.573 e. The second-order valence-electron chi connectivity index (χ2n) is 7.60. The number of halogens is 5. The Morgan fingerprint density at radius 1 is 1.12 bits per heavy atom. The van der Waals surface area contributed by atoms with Gasteiger partial charge >= 0.3 is 6.36 Å². The van der Waals surface area contributed by atoms with Crippen molar-refractivity contribution in [3.8, 4) is 5.75 Å². The van der Waals surface area contributed by atoms with Gasteiger partial charge < -0.3 is 10.1 Å². The number of carbonyl (C=O) groups is 1. The van der Waals surface area contributed by atoms with Crippen molar-refractivity contribution in [3.05, 3.63) is 59.7 Å². The van der Waals surface area contributed by atoms with Crippen LogP contribution in [-0.2, 0) is 14.8 Å². The quantitative estimate of drug-likeness (QED) is 0.615. The molecule has 0 saturated carbocycles. The molecule has 0 spiro atoms. The summed E-state index contributed by atoms with van der Waals surface area (Å²) >= 11 is 0. The molecule has 1 saturated heterocycles. The lowest BCUT2D eigenvalue weighted by Gasteiger charge is -2.31. The number of nitrogens with zero attached hydrogens (tertiary/aromatic N) is 1. The first-order valence-corrected chi connectivity index (χ1v) is 11.4. The Kier molecular flexibility index (Phi) is 7.27. The molecule has 3 rings (SSSR count). The molecule has 6 nitrogen and oxygen atoms in total. The minimum atomic E-state index is -4.96. The fourth-order valence-corrected chi connectivity index (χ4v) is 5.10. The number of nitrogens with one attached hydrogen (secondary N) is 1. The van der Waals surface area contributed by atoms with Crippen molar-refractivity contribution in [1.29, 1.82) is 0 Å². The molecule has 1 fully saturated rings. The van der Waals surface area contributed by atoms with Crippen LogP contribution in [0.2, 0.25) is 0 Å². The molecule has 0 radical (unpaired) electrons. The van der Waals surface area contributed by atoms with Crippen LogP contribution in [0.3, 0.4) is 0 Å². The van der Waals surface area contributed by atoms with E-state index < -0.39 is 51.6 Å². The summed E-state index contributed by atoms with van der Waals surface area (Å²) in [6, 6.07) is 6.20. The standard InChI is InChI=1S/C21H21F5N2O4S/c1-13(18-11-15(22)5-6-19(18)23)27-20(29)14-7-9-28(10-8-14)33(30,31)17-4-2-3-16(12-17)32-21(24,25)26/h2-6,11-14H,7-10H2,1H3,(H,27,29). The SMILES string of the molecule is CC(NC(=O)C1CCN(S(=O)(=O)c2cccc(OC(F)(F)F)c2)CC1)c1cc(F)ccc1F. The van der Waals surface area contributed by atoms with E-state index in [9.17, 15) is 35.2 Å². The van der Waals surface area contributed by atoms with Gasteiger partial charge in [0.25, 0.3) is 0 Å². The number of amides is 1. The molecule has 12 heteroatoms. The smallest absolute Gasteiger partial charge is 0.406 e. The number of sulfonamides is 1. The van der Waals surface area contributed by atoms with Gasteiger partial charge in [-0.25, -0.2) is 17.2 Å².